The molecule has 27 heavy (non-hydrogen) atoms. The van der Waals surface area contributed by atoms with Crippen LogP contribution in [0, 0.1) is 12.3 Å². The summed E-state index contributed by atoms with van der Waals surface area (Å²) in [7, 11) is 0. The van der Waals surface area contributed by atoms with E-state index in [4.69, 9.17) is 32.2 Å². The van der Waals surface area contributed by atoms with Gasteiger partial charge < -0.3 is 14.2 Å². The van der Waals surface area contributed by atoms with Crippen molar-refractivity contribution in [3.8, 4) is 23.8 Å². The van der Waals surface area contributed by atoms with Gasteiger partial charge in [-0.3, -0.25) is 0 Å². The molecule has 0 aliphatic carbocycles. The Labute approximate surface area is 162 Å². The molecule has 2 aromatic carbocycles. The van der Waals surface area contributed by atoms with Crippen LogP contribution < -0.4 is 9.47 Å². The van der Waals surface area contributed by atoms with E-state index in [-0.39, 0.29) is 18.2 Å². The lowest BCUT2D eigenvalue weighted by Gasteiger charge is -2.13. The first-order valence-electron chi connectivity index (χ1n) is 8.23. The number of nitrogens with zero attached hydrogens (tertiary/aromatic N) is 1. The van der Waals surface area contributed by atoms with Crippen molar-refractivity contribution in [2.45, 2.75) is 6.92 Å². The topological polar surface area (TPSA) is 57.1 Å². The lowest BCUT2D eigenvalue weighted by Crippen LogP contribution is -2.05. The predicted octanol–water partition coefficient (Wildman–Crippen LogP) is 4.10. The molecular formula is C21H16ClNO4. The van der Waals surface area contributed by atoms with E-state index in [1.165, 1.54) is 0 Å². The lowest BCUT2D eigenvalue weighted by molar-refractivity contribution is -0.129. The summed E-state index contributed by atoms with van der Waals surface area (Å²) >= 11 is 6.30. The third-order valence-electron chi connectivity index (χ3n) is 3.58. The molecule has 3 rings (SSSR count). The van der Waals surface area contributed by atoms with Crippen LogP contribution in [0.1, 0.15) is 18.1 Å². The summed E-state index contributed by atoms with van der Waals surface area (Å²) in [6.07, 6.45) is 6.81. The fourth-order valence-corrected chi connectivity index (χ4v) is 2.73. The van der Waals surface area contributed by atoms with E-state index in [0.717, 1.165) is 5.56 Å². The van der Waals surface area contributed by atoms with Gasteiger partial charge in [-0.15, -0.1) is 6.42 Å². The monoisotopic (exact) mass is 381 g/mol. The highest BCUT2D eigenvalue weighted by Crippen LogP contribution is 2.37. The number of esters is 1. The Morgan fingerprint density at radius 1 is 1.26 bits per heavy atom. The molecule has 0 N–H and O–H groups in total. The third kappa shape index (κ3) is 4.30. The van der Waals surface area contributed by atoms with Crippen molar-refractivity contribution in [3.63, 3.8) is 0 Å². The molecule has 0 saturated heterocycles. The number of hydrogen-bond donors (Lipinski definition) is 0. The highest BCUT2D eigenvalue weighted by molar-refractivity contribution is 6.32. The van der Waals surface area contributed by atoms with E-state index in [1.807, 2.05) is 37.3 Å². The Hall–Kier alpha value is -3.23. The Kier molecular flexibility index (Phi) is 5.80. The Balaban J connectivity index is 1.95. The summed E-state index contributed by atoms with van der Waals surface area (Å²) in [5.74, 6) is 2.91. The molecule has 136 valence electrons. The molecule has 6 heteroatoms. The summed E-state index contributed by atoms with van der Waals surface area (Å²) in [5, 5.41) is 0.321. The fraction of sp³-hybridized carbons (Fsp3) is 0.143. The molecule has 0 unspecified atom stereocenters. The number of halogens is 1. The zero-order chi connectivity index (χ0) is 19.2. The fourth-order valence-electron chi connectivity index (χ4n) is 2.46. The minimum Gasteiger partial charge on any atom is -0.490 e. The predicted molar refractivity (Wildman–Crippen MR) is 104 cm³/mol. The number of aliphatic imine (C=N–C) groups is 1. The van der Waals surface area contributed by atoms with Gasteiger partial charge in [0.25, 0.3) is 0 Å². The van der Waals surface area contributed by atoms with Gasteiger partial charge in [-0.2, -0.15) is 0 Å². The Morgan fingerprint density at radius 2 is 2.04 bits per heavy atom. The normalized spacial score (nSPS) is 14.5. The van der Waals surface area contributed by atoms with Crippen LogP contribution >= 0.6 is 11.6 Å². The standard InChI is InChI=1S/C21H16ClNO4/c1-3-10-26-19-16(22)11-14(13-18(19)25-4-2)12-17-21(24)27-20(23-17)15-8-6-5-7-9-15/h1,5-9,11-13H,4,10H2,2H3. The molecule has 1 aliphatic rings. The molecule has 5 nitrogen and oxygen atoms in total. The second kappa shape index (κ2) is 8.43. The molecule has 0 atom stereocenters. The molecule has 0 fully saturated rings. The second-order valence-electron chi connectivity index (χ2n) is 5.46. The van der Waals surface area contributed by atoms with Crippen molar-refractivity contribution >= 4 is 29.5 Å². The summed E-state index contributed by atoms with van der Waals surface area (Å²) in [5.41, 5.74) is 1.52. The molecule has 2 aromatic rings. The summed E-state index contributed by atoms with van der Waals surface area (Å²) in [4.78, 5) is 16.4. The summed E-state index contributed by atoms with van der Waals surface area (Å²) in [6, 6.07) is 12.5. The zero-order valence-electron chi connectivity index (χ0n) is 14.6. The van der Waals surface area contributed by atoms with Gasteiger partial charge in [0.1, 0.15) is 6.61 Å². The summed E-state index contributed by atoms with van der Waals surface area (Å²) in [6.45, 7) is 2.33. The number of cyclic esters (lactones) is 1. The van der Waals surface area contributed by atoms with Gasteiger partial charge in [-0.05, 0) is 42.8 Å². The maximum Gasteiger partial charge on any atom is 0.363 e. The number of rotatable bonds is 6. The smallest absolute Gasteiger partial charge is 0.363 e. The van der Waals surface area contributed by atoms with Gasteiger partial charge in [0.05, 0.1) is 11.6 Å². The van der Waals surface area contributed by atoms with Crippen LogP contribution in [0.5, 0.6) is 11.5 Å². The van der Waals surface area contributed by atoms with Gasteiger partial charge in [0, 0.05) is 5.56 Å². The van der Waals surface area contributed by atoms with Crippen molar-refractivity contribution in [2.75, 3.05) is 13.2 Å². The minimum atomic E-state index is -0.532. The zero-order valence-corrected chi connectivity index (χ0v) is 15.3. The highest BCUT2D eigenvalue weighted by atomic mass is 35.5. The molecule has 1 heterocycles. The molecule has 0 bridgehead atoms. The quantitative estimate of drug-likeness (QED) is 0.429. The van der Waals surface area contributed by atoms with Crippen LogP contribution in [0.4, 0.5) is 0 Å². The molecule has 0 saturated carbocycles. The maximum atomic E-state index is 12.2. The molecule has 0 spiro atoms. The van der Waals surface area contributed by atoms with E-state index < -0.39 is 5.97 Å². The highest BCUT2D eigenvalue weighted by Gasteiger charge is 2.24. The average Bonchev–Trinajstić information content (AvgIpc) is 3.03. The number of hydrogen-bond acceptors (Lipinski definition) is 5. The van der Waals surface area contributed by atoms with Crippen LogP contribution in [0.2, 0.25) is 5.02 Å². The van der Waals surface area contributed by atoms with E-state index in [9.17, 15) is 4.79 Å². The molecular weight excluding hydrogens is 366 g/mol. The van der Waals surface area contributed by atoms with E-state index in [1.54, 1.807) is 18.2 Å². The van der Waals surface area contributed by atoms with Crippen molar-refractivity contribution in [1.82, 2.24) is 0 Å². The molecule has 0 amide bonds. The van der Waals surface area contributed by atoms with Crippen LogP contribution in [0.3, 0.4) is 0 Å². The van der Waals surface area contributed by atoms with Crippen molar-refractivity contribution in [1.29, 1.82) is 0 Å². The number of carbonyl (C=O) groups is 1. The Morgan fingerprint density at radius 3 is 2.74 bits per heavy atom. The average molecular weight is 382 g/mol. The molecule has 0 aromatic heterocycles. The van der Waals surface area contributed by atoms with E-state index >= 15 is 0 Å². The van der Waals surface area contributed by atoms with Crippen LogP contribution in [-0.4, -0.2) is 25.1 Å². The summed E-state index contributed by atoms with van der Waals surface area (Å²) < 4.78 is 16.3. The first-order valence-corrected chi connectivity index (χ1v) is 8.60. The van der Waals surface area contributed by atoms with Crippen LogP contribution in [0.15, 0.2) is 53.2 Å². The number of benzene rings is 2. The largest absolute Gasteiger partial charge is 0.490 e. The SMILES string of the molecule is C#CCOc1c(Cl)cc(C=C2N=C(c3ccccc3)OC2=O)cc1OCC. The van der Waals surface area contributed by atoms with Gasteiger partial charge >= 0.3 is 5.97 Å². The Bertz CT molecular complexity index is 958. The number of ether oxygens (including phenoxy) is 3. The number of terminal acetylenes is 1. The van der Waals surface area contributed by atoms with Gasteiger partial charge in [0.2, 0.25) is 5.90 Å². The minimum absolute atomic E-state index is 0.0668. The third-order valence-corrected chi connectivity index (χ3v) is 3.86. The first kappa shape index (κ1) is 18.6. The number of carbonyl (C=O) groups excluding carboxylic acids is 1. The maximum absolute atomic E-state index is 12.2. The van der Waals surface area contributed by atoms with Crippen LogP contribution in [0.25, 0.3) is 6.08 Å². The van der Waals surface area contributed by atoms with E-state index in [0.29, 0.717) is 28.7 Å². The van der Waals surface area contributed by atoms with E-state index in [2.05, 4.69) is 10.9 Å². The van der Waals surface area contributed by atoms with Gasteiger partial charge in [-0.1, -0.05) is 35.7 Å². The van der Waals surface area contributed by atoms with Gasteiger partial charge in [0.15, 0.2) is 17.2 Å². The lowest BCUT2D eigenvalue weighted by atomic mass is 10.1. The molecule has 0 radical (unpaired) electrons. The van der Waals surface area contributed by atoms with Crippen molar-refractivity contribution in [3.05, 3.63) is 64.3 Å². The molecule has 1 aliphatic heterocycles. The second-order valence-corrected chi connectivity index (χ2v) is 5.87. The first-order chi connectivity index (χ1) is 13.1. The van der Waals surface area contributed by atoms with Gasteiger partial charge in [-0.25, -0.2) is 9.79 Å². The van der Waals surface area contributed by atoms with Crippen molar-refractivity contribution in [2.24, 2.45) is 4.99 Å². The van der Waals surface area contributed by atoms with Crippen molar-refractivity contribution < 1.29 is 19.0 Å². The van der Waals surface area contributed by atoms with Crippen LogP contribution in [-0.2, 0) is 9.53 Å².